The molecule has 0 fully saturated rings. The molecule has 2 nitrogen and oxygen atoms in total. The van der Waals surface area contributed by atoms with Gasteiger partial charge in [0.15, 0.2) is 0 Å². The monoisotopic (exact) mass is 256 g/mol. The van der Waals surface area contributed by atoms with Gasteiger partial charge in [-0.05, 0) is 18.3 Å². The Morgan fingerprint density at radius 2 is 1.61 bits per heavy atom. The summed E-state index contributed by atoms with van der Waals surface area (Å²) in [7, 11) is 0. The molecule has 2 heteroatoms. The first-order chi connectivity index (χ1) is 8.49. The number of ether oxygens (including phenoxy) is 1. The van der Waals surface area contributed by atoms with Gasteiger partial charge in [-0.1, -0.05) is 66.7 Å². The summed E-state index contributed by atoms with van der Waals surface area (Å²) in [4.78, 5) is 11.7. The molecule has 108 valence electrons. The third-order valence-corrected chi connectivity index (χ3v) is 3.68. The zero-order valence-electron chi connectivity index (χ0n) is 13.0. The molecular weight excluding hydrogens is 224 g/mol. The quantitative estimate of drug-likeness (QED) is 0.414. The van der Waals surface area contributed by atoms with Gasteiger partial charge in [-0.3, -0.25) is 4.79 Å². The summed E-state index contributed by atoms with van der Waals surface area (Å²) in [5.41, 5.74) is 0. The largest absolute Gasteiger partial charge is 0.465 e. The molecule has 18 heavy (non-hydrogen) atoms. The first kappa shape index (κ1) is 17.5. The van der Waals surface area contributed by atoms with E-state index < -0.39 is 0 Å². The molecule has 0 aromatic heterocycles. The molecule has 0 rings (SSSR count). The minimum absolute atomic E-state index is 0.0155. The lowest BCUT2D eigenvalue weighted by Gasteiger charge is -2.17. The van der Waals surface area contributed by atoms with Gasteiger partial charge in [0.05, 0.1) is 12.5 Å². The van der Waals surface area contributed by atoms with Crippen molar-refractivity contribution in [2.24, 2.45) is 17.8 Å². The Bertz CT molecular complexity index is 211. The molecule has 0 aromatic carbocycles. The molecule has 0 saturated carbocycles. The van der Waals surface area contributed by atoms with Crippen LogP contribution in [-0.4, -0.2) is 12.6 Å². The van der Waals surface area contributed by atoms with E-state index in [1.54, 1.807) is 0 Å². The zero-order chi connectivity index (χ0) is 14.0. The van der Waals surface area contributed by atoms with Crippen molar-refractivity contribution in [2.75, 3.05) is 6.61 Å². The number of carbonyl (C=O) groups is 1. The summed E-state index contributed by atoms with van der Waals surface area (Å²) in [5.74, 6) is 0.835. The predicted molar refractivity (Wildman–Crippen MR) is 77.5 cm³/mol. The van der Waals surface area contributed by atoms with Crippen LogP contribution in [0, 0.1) is 17.8 Å². The maximum absolute atomic E-state index is 11.7. The normalized spacial score (nSPS) is 14.6. The lowest BCUT2D eigenvalue weighted by atomic mass is 9.98. The van der Waals surface area contributed by atoms with Gasteiger partial charge < -0.3 is 4.74 Å². The van der Waals surface area contributed by atoms with Gasteiger partial charge in [-0.15, -0.1) is 0 Å². The number of rotatable bonds is 10. The average Bonchev–Trinajstić information content (AvgIpc) is 2.34. The van der Waals surface area contributed by atoms with Crippen molar-refractivity contribution in [2.45, 2.75) is 73.1 Å². The van der Waals surface area contributed by atoms with E-state index >= 15 is 0 Å². The van der Waals surface area contributed by atoms with Crippen molar-refractivity contribution >= 4 is 5.97 Å². The SMILES string of the molecule is CCCCCCCC(C)COC(=O)C(C)C(C)C. The van der Waals surface area contributed by atoms with Crippen molar-refractivity contribution < 1.29 is 9.53 Å². The zero-order valence-corrected chi connectivity index (χ0v) is 13.0. The van der Waals surface area contributed by atoms with Crippen molar-refractivity contribution in [3.05, 3.63) is 0 Å². The van der Waals surface area contributed by atoms with Gasteiger partial charge in [-0.2, -0.15) is 0 Å². The van der Waals surface area contributed by atoms with Crippen LogP contribution >= 0.6 is 0 Å². The average molecular weight is 256 g/mol. The van der Waals surface area contributed by atoms with E-state index in [1.807, 2.05) is 6.92 Å². The highest BCUT2D eigenvalue weighted by Gasteiger charge is 2.18. The second kappa shape index (κ2) is 10.4. The Morgan fingerprint density at radius 1 is 1.00 bits per heavy atom. The van der Waals surface area contributed by atoms with E-state index in [1.165, 1.54) is 38.5 Å². The Labute approximate surface area is 113 Å². The van der Waals surface area contributed by atoms with Crippen LogP contribution in [0.1, 0.15) is 73.1 Å². The molecule has 0 saturated heterocycles. The Balaban J connectivity index is 3.58. The number of hydrogen-bond donors (Lipinski definition) is 0. The fraction of sp³-hybridized carbons (Fsp3) is 0.938. The maximum Gasteiger partial charge on any atom is 0.308 e. The highest BCUT2D eigenvalue weighted by Crippen LogP contribution is 2.15. The van der Waals surface area contributed by atoms with Crippen molar-refractivity contribution in [1.82, 2.24) is 0 Å². The van der Waals surface area contributed by atoms with Gasteiger partial charge in [0.25, 0.3) is 0 Å². The van der Waals surface area contributed by atoms with Crippen LogP contribution < -0.4 is 0 Å². The molecule has 2 atom stereocenters. The Morgan fingerprint density at radius 3 is 2.17 bits per heavy atom. The predicted octanol–water partition coefficient (Wildman–Crippen LogP) is 4.82. The minimum Gasteiger partial charge on any atom is -0.465 e. The fourth-order valence-corrected chi connectivity index (χ4v) is 1.81. The molecule has 0 amide bonds. The van der Waals surface area contributed by atoms with E-state index in [0.29, 0.717) is 18.4 Å². The molecule has 0 aromatic rings. The van der Waals surface area contributed by atoms with Crippen LogP contribution in [0.5, 0.6) is 0 Å². The molecule has 0 aliphatic rings. The first-order valence-electron chi connectivity index (χ1n) is 7.65. The van der Waals surface area contributed by atoms with Gasteiger partial charge in [0.2, 0.25) is 0 Å². The second-order valence-electron chi connectivity index (χ2n) is 5.97. The van der Waals surface area contributed by atoms with Crippen LogP contribution in [-0.2, 0) is 9.53 Å². The molecular formula is C16H32O2. The van der Waals surface area contributed by atoms with Crippen LogP contribution in [0.25, 0.3) is 0 Å². The van der Waals surface area contributed by atoms with Crippen molar-refractivity contribution in [3.63, 3.8) is 0 Å². The number of hydrogen-bond acceptors (Lipinski definition) is 2. The first-order valence-corrected chi connectivity index (χ1v) is 7.65. The van der Waals surface area contributed by atoms with E-state index in [9.17, 15) is 4.79 Å². The molecule has 2 unspecified atom stereocenters. The third kappa shape index (κ3) is 8.54. The van der Waals surface area contributed by atoms with E-state index in [0.717, 1.165) is 0 Å². The minimum atomic E-state index is -0.0390. The van der Waals surface area contributed by atoms with Gasteiger partial charge in [0, 0.05) is 0 Å². The standard InChI is InChI=1S/C16H32O2/c1-6-7-8-9-10-11-14(4)12-18-16(17)15(5)13(2)3/h13-15H,6-12H2,1-5H3. The highest BCUT2D eigenvalue weighted by molar-refractivity contribution is 5.72. The van der Waals surface area contributed by atoms with E-state index in [-0.39, 0.29) is 11.9 Å². The molecule has 0 N–H and O–H groups in total. The number of esters is 1. The molecule has 0 spiro atoms. The van der Waals surface area contributed by atoms with Crippen LogP contribution in [0.15, 0.2) is 0 Å². The molecule has 0 aliphatic carbocycles. The van der Waals surface area contributed by atoms with Crippen LogP contribution in [0.2, 0.25) is 0 Å². The summed E-state index contributed by atoms with van der Waals surface area (Å²) < 4.78 is 5.37. The Kier molecular flexibility index (Phi) is 10.1. The number of unbranched alkanes of at least 4 members (excludes halogenated alkanes) is 4. The van der Waals surface area contributed by atoms with Gasteiger partial charge in [-0.25, -0.2) is 0 Å². The summed E-state index contributed by atoms with van der Waals surface area (Å²) >= 11 is 0. The maximum atomic E-state index is 11.7. The summed E-state index contributed by atoms with van der Waals surface area (Å²) in [5, 5.41) is 0. The lowest BCUT2D eigenvalue weighted by Crippen LogP contribution is -2.22. The second-order valence-corrected chi connectivity index (χ2v) is 5.97. The number of carbonyl (C=O) groups excluding carboxylic acids is 1. The van der Waals surface area contributed by atoms with Gasteiger partial charge >= 0.3 is 5.97 Å². The summed E-state index contributed by atoms with van der Waals surface area (Å²) in [6.45, 7) is 11.1. The molecule has 0 radical (unpaired) electrons. The van der Waals surface area contributed by atoms with Crippen LogP contribution in [0.4, 0.5) is 0 Å². The van der Waals surface area contributed by atoms with Crippen molar-refractivity contribution in [3.8, 4) is 0 Å². The smallest absolute Gasteiger partial charge is 0.308 e. The third-order valence-electron chi connectivity index (χ3n) is 3.68. The van der Waals surface area contributed by atoms with Crippen LogP contribution in [0.3, 0.4) is 0 Å². The molecule has 0 heterocycles. The van der Waals surface area contributed by atoms with E-state index in [2.05, 4.69) is 27.7 Å². The summed E-state index contributed by atoms with van der Waals surface area (Å²) in [6.07, 6.45) is 7.73. The van der Waals surface area contributed by atoms with Gasteiger partial charge in [0.1, 0.15) is 0 Å². The van der Waals surface area contributed by atoms with E-state index in [4.69, 9.17) is 4.74 Å². The highest BCUT2D eigenvalue weighted by atomic mass is 16.5. The molecule has 0 aliphatic heterocycles. The van der Waals surface area contributed by atoms with Crippen molar-refractivity contribution in [1.29, 1.82) is 0 Å². The Hall–Kier alpha value is -0.530. The topological polar surface area (TPSA) is 26.3 Å². The summed E-state index contributed by atoms with van der Waals surface area (Å²) in [6, 6.07) is 0. The molecule has 0 bridgehead atoms. The lowest BCUT2D eigenvalue weighted by molar-refractivity contribution is -0.150. The fourth-order valence-electron chi connectivity index (χ4n) is 1.81.